The quantitative estimate of drug-likeness (QED) is 0.101. The highest BCUT2D eigenvalue weighted by atomic mass is 16.5. The number of fused-ring (bicyclic) bond motifs is 3. The Kier molecular flexibility index (Phi) is 10.3. The van der Waals surface area contributed by atoms with Crippen molar-refractivity contribution in [1.82, 2.24) is 5.32 Å². The molecule has 0 fully saturated rings. The lowest BCUT2D eigenvalue weighted by atomic mass is 9.97. The van der Waals surface area contributed by atoms with E-state index in [1.54, 1.807) is 31.2 Å². The summed E-state index contributed by atoms with van der Waals surface area (Å²) in [6, 6.07) is 29.4. The van der Waals surface area contributed by atoms with Crippen molar-refractivity contribution in [1.29, 1.82) is 0 Å². The zero-order chi connectivity index (χ0) is 33.3. The Bertz CT molecular complexity index is 1810. The molecule has 0 unspecified atom stereocenters. The number of nitrogens with zero attached hydrogens (tertiary/aromatic N) is 1. The van der Waals surface area contributed by atoms with Gasteiger partial charge in [-0.2, -0.15) is 0 Å². The molecule has 0 aromatic heterocycles. The molecular weight excluding hydrogens is 592 g/mol. The summed E-state index contributed by atoms with van der Waals surface area (Å²) in [5.41, 5.74) is 18.1. The number of nitrogens with two attached hydrogens (primary N) is 2. The fraction of sp³-hybridized carbons (Fsp3) is 0.211. The molecule has 0 aliphatic heterocycles. The van der Waals surface area contributed by atoms with Crippen molar-refractivity contribution in [3.05, 3.63) is 130 Å². The van der Waals surface area contributed by atoms with E-state index in [0.717, 1.165) is 33.4 Å². The Labute approximate surface area is 274 Å². The molecule has 9 nitrogen and oxygen atoms in total. The summed E-state index contributed by atoms with van der Waals surface area (Å²) in [5, 5.41) is 2.73. The molecule has 0 bridgehead atoms. The van der Waals surface area contributed by atoms with E-state index in [1.165, 1.54) is 7.11 Å². The SMILES string of the molecule is COC(=O)[C@@H](NC(=O)c1ccc(C#Cc2ccc(CN=C(N)N)cc2)cc1)[C@@H](C)CC(=O)OCC1c2ccccc2-c2ccccc21. The number of aliphatic imine (C=N–C) groups is 1. The topological polar surface area (TPSA) is 146 Å². The van der Waals surface area contributed by atoms with Crippen LogP contribution in [-0.4, -0.2) is 43.6 Å². The second-order valence-electron chi connectivity index (χ2n) is 11.3. The number of guanidine groups is 1. The summed E-state index contributed by atoms with van der Waals surface area (Å²) < 4.78 is 10.7. The van der Waals surface area contributed by atoms with Crippen molar-refractivity contribution in [3.8, 4) is 23.0 Å². The van der Waals surface area contributed by atoms with Gasteiger partial charge in [0.25, 0.3) is 5.91 Å². The molecule has 0 spiro atoms. The first-order chi connectivity index (χ1) is 22.7. The van der Waals surface area contributed by atoms with E-state index in [1.807, 2.05) is 48.5 Å². The van der Waals surface area contributed by atoms with Crippen LogP contribution in [0.1, 0.15) is 57.4 Å². The molecule has 1 amide bonds. The molecule has 0 saturated carbocycles. The summed E-state index contributed by atoms with van der Waals surface area (Å²) >= 11 is 0. The Morgan fingerprint density at radius 2 is 1.38 bits per heavy atom. The van der Waals surface area contributed by atoms with Crippen molar-refractivity contribution >= 4 is 23.8 Å². The van der Waals surface area contributed by atoms with Gasteiger partial charge in [-0.1, -0.05) is 79.4 Å². The zero-order valence-electron chi connectivity index (χ0n) is 26.2. The van der Waals surface area contributed by atoms with E-state index < -0.39 is 29.8 Å². The van der Waals surface area contributed by atoms with Crippen molar-refractivity contribution in [2.75, 3.05) is 13.7 Å². The van der Waals surface area contributed by atoms with Gasteiger partial charge in [0, 0.05) is 22.6 Å². The molecule has 47 heavy (non-hydrogen) atoms. The fourth-order valence-electron chi connectivity index (χ4n) is 5.57. The molecule has 238 valence electrons. The molecule has 1 aliphatic rings. The molecule has 0 radical (unpaired) electrons. The molecule has 9 heteroatoms. The van der Waals surface area contributed by atoms with E-state index in [0.29, 0.717) is 17.7 Å². The lowest BCUT2D eigenvalue weighted by Crippen LogP contribution is -2.46. The first-order valence-electron chi connectivity index (χ1n) is 15.2. The number of rotatable bonds is 10. The number of esters is 2. The van der Waals surface area contributed by atoms with Crippen LogP contribution < -0.4 is 16.8 Å². The third-order valence-corrected chi connectivity index (χ3v) is 8.07. The lowest BCUT2D eigenvalue weighted by Gasteiger charge is -2.23. The van der Waals surface area contributed by atoms with Gasteiger partial charge in [-0.25, -0.2) is 9.79 Å². The van der Waals surface area contributed by atoms with Crippen LogP contribution in [-0.2, 0) is 25.6 Å². The van der Waals surface area contributed by atoms with Crippen LogP contribution in [0.2, 0.25) is 0 Å². The summed E-state index contributed by atoms with van der Waals surface area (Å²) in [5.74, 6) is 3.95. The minimum absolute atomic E-state index is 0.0369. The smallest absolute Gasteiger partial charge is 0.328 e. The number of amides is 1. The summed E-state index contributed by atoms with van der Waals surface area (Å²) in [7, 11) is 1.24. The number of nitrogens with one attached hydrogen (secondary N) is 1. The Hall–Kier alpha value is -5.88. The predicted molar refractivity (Wildman–Crippen MR) is 180 cm³/mol. The minimum atomic E-state index is -1.05. The minimum Gasteiger partial charge on any atom is -0.467 e. The Morgan fingerprint density at radius 1 is 0.830 bits per heavy atom. The van der Waals surface area contributed by atoms with Crippen LogP contribution in [0.15, 0.2) is 102 Å². The first-order valence-corrected chi connectivity index (χ1v) is 15.2. The fourth-order valence-corrected chi connectivity index (χ4v) is 5.57. The van der Waals surface area contributed by atoms with Gasteiger partial charge in [0.1, 0.15) is 12.6 Å². The van der Waals surface area contributed by atoms with Gasteiger partial charge >= 0.3 is 11.9 Å². The molecular formula is C38H36N4O5. The highest BCUT2D eigenvalue weighted by Gasteiger charge is 2.32. The van der Waals surface area contributed by atoms with Crippen LogP contribution in [0.3, 0.4) is 0 Å². The molecule has 5 rings (SSSR count). The third-order valence-electron chi connectivity index (χ3n) is 8.07. The maximum atomic E-state index is 13.1. The second kappa shape index (κ2) is 14.9. The third kappa shape index (κ3) is 8.05. The van der Waals surface area contributed by atoms with Gasteiger partial charge in [0.2, 0.25) is 0 Å². The average molecular weight is 629 g/mol. The van der Waals surface area contributed by atoms with Gasteiger partial charge < -0.3 is 26.3 Å². The predicted octanol–water partition coefficient (Wildman–Crippen LogP) is 4.51. The molecule has 2 atom stereocenters. The molecule has 1 aliphatic carbocycles. The zero-order valence-corrected chi connectivity index (χ0v) is 26.2. The number of carbonyl (C=O) groups excluding carboxylic acids is 3. The van der Waals surface area contributed by atoms with E-state index >= 15 is 0 Å². The van der Waals surface area contributed by atoms with Gasteiger partial charge in [0.15, 0.2) is 5.96 Å². The summed E-state index contributed by atoms with van der Waals surface area (Å²) in [4.78, 5) is 42.7. The standard InChI is InChI=1S/C38H36N4O5/c1-24(21-34(43)47-23-33-31-9-5-3-7-29(31)30-8-4-6-10-32(30)33)35(37(45)46-2)42-36(44)28-19-17-26(18-20-28)12-11-25-13-15-27(16-14-25)22-41-38(39)40/h3-10,13-20,24,33,35H,21-23H2,1-2H3,(H,42,44)(H4,39,40,41)/t24-,35-/m0/s1. The molecule has 4 aromatic carbocycles. The molecule has 4 aromatic rings. The van der Waals surface area contributed by atoms with Gasteiger partial charge in [-0.15, -0.1) is 0 Å². The first kappa shape index (κ1) is 32.5. The highest BCUT2D eigenvalue weighted by Crippen LogP contribution is 2.44. The molecule has 5 N–H and O–H groups in total. The van der Waals surface area contributed by atoms with Gasteiger partial charge in [0.05, 0.1) is 20.1 Å². The van der Waals surface area contributed by atoms with Crippen molar-refractivity contribution < 1.29 is 23.9 Å². The van der Waals surface area contributed by atoms with Gasteiger partial charge in [-0.05, 0) is 70.1 Å². The van der Waals surface area contributed by atoms with E-state index in [9.17, 15) is 14.4 Å². The van der Waals surface area contributed by atoms with Crippen LogP contribution in [0.4, 0.5) is 0 Å². The van der Waals surface area contributed by atoms with Crippen molar-refractivity contribution in [3.63, 3.8) is 0 Å². The number of ether oxygens (including phenoxy) is 2. The second-order valence-corrected chi connectivity index (χ2v) is 11.3. The van der Waals surface area contributed by atoms with Crippen LogP contribution in [0.5, 0.6) is 0 Å². The van der Waals surface area contributed by atoms with E-state index in [-0.39, 0.29) is 24.9 Å². The number of benzene rings is 4. The molecule has 0 heterocycles. The normalized spacial score (nSPS) is 12.7. The Morgan fingerprint density at radius 3 is 1.94 bits per heavy atom. The number of hydrogen-bond donors (Lipinski definition) is 3. The van der Waals surface area contributed by atoms with Gasteiger partial charge in [-0.3, -0.25) is 9.59 Å². The number of carbonyl (C=O) groups is 3. The van der Waals surface area contributed by atoms with Crippen LogP contribution in [0.25, 0.3) is 11.1 Å². The monoisotopic (exact) mass is 628 g/mol. The van der Waals surface area contributed by atoms with E-state index in [2.05, 4.69) is 46.4 Å². The summed E-state index contributed by atoms with van der Waals surface area (Å²) in [6.45, 7) is 2.27. The molecule has 0 saturated heterocycles. The highest BCUT2D eigenvalue weighted by molar-refractivity contribution is 5.97. The average Bonchev–Trinajstić information content (AvgIpc) is 3.41. The maximum absolute atomic E-state index is 13.1. The Balaban J connectivity index is 1.17. The van der Waals surface area contributed by atoms with Crippen LogP contribution in [0, 0.1) is 17.8 Å². The maximum Gasteiger partial charge on any atom is 0.328 e. The summed E-state index contributed by atoms with van der Waals surface area (Å²) in [6.07, 6.45) is -0.0835. The lowest BCUT2D eigenvalue weighted by molar-refractivity contribution is -0.147. The van der Waals surface area contributed by atoms with E-state index in [4.69, 9.17) is 20.9 Å². The number of methoxy groups -OCH3 is 1. The number of hydrogen-bond acceptors (Lipinski definition) is 6. The van der Waals surface area contributed by atoms with Crippen molar-refractivity contribution in [2.45, 2.75) is 31.8 Å². The largest absolute Gasteiger partial charge is 0.467 e. The van der Waals surface area contributed by atoms with Crippen LogP contribution >= 0.6 is 0 Å². The van der Waals surface area contributed by atoms with Crippen molar-refractivity contribution in [2.24, 2.45) is 22.4 Å².